The van der Waals surface area contributed by atoms with E-state index in [1.165, 1.54) is 12.1 Å². The third-order valence-electron chi connectivity index (χ3n) is 3.21. The molecule has 0 aliphatic carbocycles. The molecule has 0 aliphatic rings. The molecule has 1 aromatic rings. The van der Waals surface area contributed by atoms with E-state index in [0.29, 0.717) is 17.9 Å². The fourth-order valence-electron chi connectivity index (χ4n) is 1.82. The second-order valence-electron chi connectivity index (χ2n) is 4.96. The molecule has 18 heavy (non-hydrogen) atoms. The zero-order valence-electron chi connectivity index (χ0n) is 11.4. The van der Waals surface area contributed by atoms with Gasteiger partial charge in [0.25, 0.3) is 0 Å². The molecule has 0 saturated carbocycles. The average molecular weight is 251 g/mol. The highest BCUT2D eigenvalue weighted by atomic mass is 19.1. The van der Waals surface area contributed by atoms with Gasteiger partial charge in [0, 0.05) is 25.1 Å². The molecule has 0 aromatic heterocycles. The zero-order valence-corrected chi connectivity index (χ0v) is 11.4. The van der Waals surface area contributed by atoms with Gasteiger partial charge in [-0.2, -0.15) is 0 Å². The molecule has 0 aliphatic heterocycles. The number of nitrogens with zero attached hydrogens (tertiary/aromatic N) is 1. The lowest BCUT2D eigenvalue weighted by atomic mass is 10.1. The fourth-order valence-corrected chi connectivity index (χ4v) is 1.82. The van der Waals surface area contributed by atoms with Gasteiger partial charge in [0.2, 0.25) is 0 Å². The second-order valence-corrected chi connectivity index (χ2v) is 4.96. The Morgan fingerprint density at radius 2 is 1.94 bits per heavy atom. The van der Waals surface area contributed by atoms with Crippen LogP contribution in [0.5, 0.6) is 0 Å². The van der Waals surface area contributed by atoms with Crippen LogP contribution in [-0.4, -0.2) is 30.8 Å². The van der Waals surface area contributed by atoms with Crippen LogP contribution in [0.4, 0.5) is 4.39 Å². The number of benzene rings is 1. The molecule has 0 fully saturated rings. The van der Waals surface area contributed by atoms with Crippen molar-refractivity contribution in [3.05, 3.63) is 35.6 Å². The molecule has 0 spiro atoms. The predicted molar refractivity (Wildman–Crippen MR) is 72.3 cm³/mol. The van der Waals surface area contributed by atoms with E-state index < -0.39 is 0 Å². The molecular formula is C15H22FNO. The third kappa shape index (κ3) is 4.96. The van der Waals surface area contributed by atoms with Crippen LogP contribution in [0.15, 0.2) is 24.3 Å². The van der Waals surface area contributed by atoms with E-state index in [9.17, 15) is 9.18 Å². The summed E-state index contributed by atoms with van der Waals surface area (Å²) in [6.45, 7) is 6.13. The number of hydrogen-bond donors (Lipinski definition) is 0. The zero-order chi connectivity index (χ0) is 13.5. The number of carbonyl (C=O) groups is 1. The first-order valence-corrected chi connectivity index (χ1v) is 6.50. The van der Waals surface area contributed by atoms with E-state index in [2.05, 4.69) is 18.7 Å². The molecule has 1 unspecified atom stereocenters. The minimum Gasteiger partial charge on any atom is -0.306 e. The molecule has 3 heteroatoms. The molecule has 0 saturated heterocycles. The Bertz CT molecular complexity index is 375. The number of ketones is 1. The van der Waals surface area contributed by atoms with Crippen molar-refractivity contribution in [3.8, 4) is 0 Å². The summed E-state index contributed by atoms with van der Waals surface area (Å²) < 4.78 is 12.7. The van der Waals surface area contributed by atoms with Crippen LogP contribution in [0.3, 0.4) is 0 Å². The van der Waals surface area contributed by atoms with Crippen molar-refractivity contribution in [2.45, 2.75) is 26.7 Å². The molecule has 0 bridgehead atoms. The number of carbonyl (C=O) groups excluding carboxylic acids is 1. The Hall–Kier alpha value is -1.22. The van der Waals surface area contributed by atoms with Gasteiger partial charge in [0.05, 0.1) is 0 Å². The molecular weight excluding hydrogens is 229 g/mol. The minimum absolute atomic E-state index is 0.0750. The molecule has 0 N–H and O–H groups in total. The van der Waals surface area contributed by atoms with Crippen LogP contribution in [0.1, 0.15) is 37.0 Å². The maximum atomic E-state index is 12.7. The Morgan fingerprint density at radius 3 is 2.50 bits per heavy atom. The van der Waals surface area contributed by atoms with Crippen molar-refractivity contribution in [1.82, 2.24) is 4.90 Å². The second kappa shape index (κ2) is 7.27. The molecule has 100 valence electrons. The van der Waals surface area contributed by atoms with Crippen LogP contribution >= 0.6 is 0 Å². The van der Waals surface area contributed by atoms with Gasteiger partial charge in [-0.25, -0.2) is 4.39 Å². The van der Waals surface area contributed by atoms with E-state index >= 15 is 0 Å². The monoisotopic (exact) mass is 251 g/mol. The Morgan fingerprint density at radius 1 is 1.33 bits per heavy atom. The fraction of sp³-hybridized carbons (Fsp3) is 0.533. The summed E-state index contributed by atoms with van der Waals surface area (Å²) in [5, 5.41) is 0. The first kappa shape index (κ1) is 14.8. The van der Waals surface area contributed by atoms with E-state index in [1.54, 1.807) is 12.1 Å². The van der Waals surface area contributed by atoms with E-state index in [4.69, 9.17) is 0 Å². The summed E-state index contributed by atoms with van der Waals surface area (Å²) >= 11 is 0. The smallest absolute Gasteiger partial charge is 0.164 e. The summed E-state index contributed by atoms with van der Waals surface area (Å²) in [5.41, 5.74) is 0.591. The van der Waals surface area contributed by atoms with E-state index in [0.717, 1.165) is 19.5 Å². The molecule has 1 aromatic carbocycles. The number of rotatable bonds is 7. The molecule has 1 atom stereocenters. The summed E-state index contributed by atoms with van der Waals surface area (Å²) in [6.07, 6.45) is 1.63. The average Bonchev–Trinajstić information content (AvgIpc) is 2.36. The van der Waals surface area contributed by atoms with Crippen molar-refractivity contribution >= 4 is 5.78 Å². The van der Waals surface area contributed by atoms with Crippen molar-refractivity contribution in [3.63, 3.8) is 0 Å². The lowest BCUT2D eigenvalue weighted by Gasteiger charge is -2.19. The summed E-state index contributed by atoms with van der Waals surface area (Å²) in [4.78, 5) is 14.0. The third-order valence-corrected chi connectivity index (χ3v) is 3.21. The molecule has 0 heterocycles. The largest absolute Gasteiger partial charge is 0.306 e. The molecule has 1 rings (SSSR count). The topological polar surface area (TPSA) is 20.3 Å². The van der Waals surface area contributed by atoms with Crippen LogP contribution in [-0.2, 0) is 0 Å². The van der Waals surface area contributed by atoms with Gasteiger partial charge in [-0.05, 0) is 37.2 Å². The standard InChI is InChI=1S/C15H22FNO/c1-4-12(2)11-17(3)10-9-15(18)13-5-7-14(16)8-6-13/h5-8,12H,4,9-11H2,1-3H3. The Labute approximate surface area is 109 Å². The number of Topliss-reactive ketones (excluding diaryl/α,β-unsaturated/α-hetero) is 1. The van der Waals surface area contributed by atoms with Gasteiger partial charge in [0.1, 0.15) is 5.82 Å². The van der Waals surface area contributed by atoms with Gasteiger partial charge in [-0.15, -0.1) is 0 Å². The lowest BCUT2D eigenvalue weighted by molar-refractivity contribution is 0.0966. The van der Waals surface area contributed by atoms with Crippen molar-refractivity contribution in [2.24, 2.45) is 5.92 Å². The number of hydrogen-bond acceptors (Lipinski definition) is 2. The van der Waals surface area contributed by atoms with Gasteiger partial charge in [0.15, 0.2) is 5.78 Å². The highest BCUT2D eigenvalue weighted by molar-refractivity contribution is 5.96. The minimum atomic E-state index is -0.305. The van der Waals surface area contributed by atoms with Crippen molar-refractivity contribution < 1.29 is 9.18 Å². The van der Waals surface area contributed by atoms with Crippen LogP contribution < -0.4 is 0 Å². The maximum Gasteiger partial charge on any atom is 0.164 e. The van der Waals surface area contributed by atoms with E-state index in [1.807, 2.05) is 7.05 Å². The summed E-state index contributed by atoms with van der Waals surface area (Å²) in [6, 6.07) is 5.75. The number of halogens is 1. The quantitative estimate of drug-likeness (QED) is 0.692. The normalized spacial score (nSPS) is 12.7. The van der Waals surface area contributed by atoms with Crippen LogP contribution in [0.2, 0.25) is 0 Å². The molecule has 0 amide bonds. The van der Waals surface area contributed by atoms with Crippen LogP contribution in [0, 0.1) is 11.7 Å². The highest BCUT2D eigenvalue weighted by Crippen LogP contribution is 2.07. The SMILES string of the molecule is CCC(C)CN(C)CCC(=O)c1ccc(F)cc1. The predicted octanol–water partition coefficient (Wildman–Crippen LogP) is 3.38. The van der Waals surface area contributed by atoms with E-state index in [-0.39, 0.29) is 11.6 Å². The molecule has 2 nitrogen and oxygen atoms in total. The molecule has 0 radical (unpaired) electrons. The van der Waals surface area contributed by atoms with Gasteiger partial charge < -0.3 is 4.90 Å². The van der Waals surface area contributed by atoms with Gasteiger partial charge in [-0.3, -0.25) is 4.79 Å². The highest BCUT2D eigenvalue weighted by Gasteiger charge is 2.09. The van der Waals surface area contributed by atoms with Crippen molar-refractivity contribution in [1.29, 1.82) is 0 Å². The Balaban J connectivity index is 2.39. The van der Waals surface area contributed by atoms with Crippen LogP contribution in [0.25, 0.3) is 0 Å². The van der Waals surface area contributed by atoms with Crippen molar-refractivity contribution in [2.75, 3.05) is 20.1 Å². The first-order chi connectivity index (χ1) is 8.52. The Kier molecular flexibility index (Phi) is 5.99. The first-order valence-electron chi connectivity index (χ1n) is 6.50. The maximum absolute atomic E-state index is 12.7. The lowest BCUT2D eigenvalue weighted by Crippen LogP contribution is -2.26. The summed E-state index contributed by atoms with van der Waals surface area (Å²) in [5.74, 6) is 0.419. The van der Waals surface area contributed by atoms with Gasteiger partial charge in [-0.1, -0.05) is 20.3 Å². The van der Waals surface area contributed by atoms with Gasteiger partial charge >= 0.3 is 0 Å². The summed E-state index contributed by atoms with van der Waals surface area (Å²) in [7, 11) is 2.03.